The van der Waals surface area contributed by atoms with Crippen LogP contribution in [0.15, 0.2) is 18.2 Å². The van der Waals surface area contributed by atoms with E-state index in [0.717, 1.165) is 11.1 Å². The lowest BCUT2D eigenvalue weighted by molar-refractivity contribution is 0.0260. The molecule has 0 aromatic heterocycles. The van der Waals surface area contributed by atoms with Crippen LogP contribution in [0.4, 0.5) is 0 Å². The number of benzene rings is 1. The Kier molecular flexibility index (Phi) is 4.48. The second kappa shape index (κ2) is 5.50. The van der Waals surface area contributed by atoms with Crippen molar-refractivity contribution in [1.82, 2.24) is 5.01 Å². The van der Waals surface area contributed by atoms with Crippen molar-refractivity contribution >= 4 is 5.91 Å². The second-order valence-corrected chi connectivity index (χ2v) is 5.30. The molecule has 0 aliphatic carbocycles. The Hall–Kier alpha value is -1.39. The van der Waals surface area contributed by atoms with Gasteiger partial charge in [0, 0.05) is 12.7 Å². The van der Waals surface area contributed by atoms with Gasteiger partial charge in [0.15, 0.2) is 0 Å². The van der Waals surface area contributed by atoms with Crippen LogP contribution in [0.2, 0.25) is 0 Å². The molecule has 4 heteroatoms. The van der Waals surface area contributed by atoms with Gasteiger partial charge in [-0.2, -0.15) is 0 Å². The molecule has 1 aromatic carbocycles. The first-order valence-corrected chi connectivity index (χ1v) is 5.94. The summed E-state index contributed by atoms with van der Waals surface area (Å²) in [5, 5.41) is 1.24. The molecule has 0 saturated carbocycles. The molecule has 1 rings (SSSR count). The molecule has 2 N–H and O–H groups in total. The molecular weight excluding hydrogens is 228 g/mol. The fraction of sp³-hybridized carbons (Fsp3) is 0.500. The monoisotopic (exact) mass is 250 g/mol. The molecule has 0 heterocycles. The summed E-state index contributed by atoms with van der Waals surface area (Å²) in [4.78, 5) is 12.3. The summed E-state index contributed by atoms with van der Waals surface area (Å²) < 4.78 is 5.09. The summed E-state index contributed by atoms with van der Waals surface area (Å²) in [5.41, 5.74) is 2.18. The number of hydrogen-bond donors (Lipinski definition) is 1. The number of hydrogen-bond acceptors (Lipinski definition) is 3. The largest absolute Gasteiger partial charge is 0.382 e. The van der Waals surface area contributed by atoms with E-state index in [9.17, 15) is 4.79 Å². The van der Waals surface area contributed by atoms with Crippen LogP contribution in [-0.2, 0) is 4.74 Å². The summed E-state index contributed by atoms with van der Waals surface area (Å²) in [6, 6.07) is 5.72. The Balaban J connectivity index is 2.99. The molecule has 0 saturated heterocycles. The molecule has 1 amide bonds. The number of hydrazine groups is 1. The van der Waals surface area contributed by atoms with Crippen molar-refractivity contribution in [1.29, 1.82) is 0 Å². The van der Waals surface area contributed by atoms with Crippen molar-refractivity contribution in [2.24, 2.45) is 5.84 Å². The van der Waals surface area contributed by atoms with Gasteiger partial charge in [-0.05, 0) is 39.8 Å². The fourth-order valence-corrected chi connectivity index (χ4v) is 1.93. The zero-order valence-corrected chi connectivity index (χ0v) is 11.8. The molecule has 0 spiro atoms. The van der Waals surface area contributed by atoms with E-state index in [0.29, 0.717) is 12.2 Å². The van der Waals surface area contributed by atoms with Gasteiger partial charge < -0.3 is 4.74 Å². The van der Waals surface area contributed by atoms with E-state index < -0.39 is 5.54 Å². The normalized spacial score (nSPS) is 11.4. The molecule has 0 aliphatic rings. The highest BCUT2D eigenvalue weighted by atomic mass is 16.5. The third-order valence-corrected chi connectivity index (χ3v) is 2.84. The van der Waals surface area contributed by atoms with Crippen molar-refractivity contribution < 1.29 is 9.53 Å². The lowest BCUT2D eigenvalue weighted by Gasteiger charge is -2.34. The molecule has 0 aliphatic heterocycles. The lowest BCUT2D eigenvalue weighted by Crippen LogP contribution is -2.54. The zero-order chi connectivity index (χ0) is 13.9. The standard InChI is InChI=1S/C14H22N2O2/c1-10-6-11(2)8-12(7-10)13(17)16(15)14(3,4)9-18-5/h6-8H,9,15H2,1-5H3. The maximum absolute atomic E-state index is 12.3. The summed E-state index contributed by atoms with van der Waals surface area (Å²) in [5.74, 6) is 5.73. The summed E-state index contributed by atoms with van der Waals surface area (Å²) in [6.45, 7) is 8.06. The van der Waals surface area contributed by atoms with Crippen LogP contribution >= 0.6 is 0 Å². The van der Waals surface area contributed by atoms with E-state index in [-0.39, 0.29) is 5.91 Å². The highest BCUT2D eigenvalue weighted by Gasteiger charge is 2.29. The molecular formula is C14H22N2O2. The maximum Gasteiger partial charge on any atom is 0.268 e. The number of aryl methyl sites for hydroxylation is 2. The van der Waals surface area contributed by atoms with E-state index in [1.807, 2.05) is 45.9 Å². The van der Waals surface area contributed by atoms with Crippen LogP contribution in [0.5, 0.6) is 0 Å². The minimum Gasteiger partial charge on any atom is -0.382 e. The number of rotatable bonds is 4. The zero-order valence-electron chi connectivity index (χ0n) is 11.8. The fourth-order valence-electron chi connectivity index (χ4n) is 1.93. The van der Waals surface area contributed by atoms with Gasteiger partial charge in [0.1, 0.15) is 0 Å². The Morgan fingerprint density at radius 2 is 1.78 bits per heavy atom. The number of carbonyl (C=O) groups is 1. The molecule has 4 nitrogen and oxygen atoms in total. The van der Waals surface area contributed by atoms with Crippen molar-refractivity contribution in [2.75, 3.05) is 13.7 Å². The van der Waals surface area contributed by atoms with E-state index in [1.54, 1.807) is 7.11 Å². The second-order valence-electron chi connectivity index (χ2n) is 5.30. The average molecular weight is 250 g/mol. The molecule has 0 bridgehead atoms. The molecule has 1 aromatic rings. The number of nitrogens with zero attached hydrogens (tertiary/aromatic N) is 1. The predicted molar refractivity (Wildman–Crippen MR) is 72.2 cm³/mol. The first kappa shape index (κ1) is 14.7. The highest BCUT2D eigenvalue weighted by Crippen LogP contribution is 2.16. The lowest BCUT2D eigenvalue weighted by atomic mass is 10.0. The quantitative estimate of drug-likeness (QED) is 0.505. The molecule has 0 unspecified atom stereocenters. The van der Waals surface area contributed by atoms with Crippen LogP contribution in [0.25, 0.3) is 0 Å². The van der Waals surface area contributed by atoms with E-state index in [1.165, 1.54) is 5.01 Å². The third-order valence-electron chi connectivity index (χ3n) is 2.84. The van der Waals surface area contributed by atoms with Crippen molar-refractivity contribution in [3.63, 3.8) is 0 Å². The first-order chi connectivity index (χ1) is 8.27. The molecule has 0 fully saturated rings. The van der Waals surface area contributed by atoms with Gasteiger partial charge in [0.2, 0.25) is 0 Å². The summed E-state index contributed by atoms with van der Waals surface area (Å²) in [7, 11) is 1.59. The molecule has 18 heavy (non-hydrogen) atoms. The minimum absolute atomic E-state index is 0.191. The van der Waals surface area contributed by atoms with Crippen molar-refractivity contribution in [2.45, 2.75) is 33.2 Å². The van der Waals surface area contributed by atoms with Crippen molar-refractivity contribution in [3.05, 3.63) is 34.9 Å². The van der Waals surface area contributed by atoms with Crippen LogP contribution in [0, 0.1) is 13.8 Å². The van der Waals surface area contributed by atoms with E-state index >= 15 is 0 Å². The van der Waals surface area contributed by atoms with Crippen LogP contribution in [0.3, 0.4) is 0 Å². The van der Waals surface area contributed by atoms with Crippen molar-refractivity contribution in [3.8, 4) is 0 Å². The van der Waals surface area contributed by atoms with Crippen LogP contribution < -0.4 is 5.84 Å². The SMILES string of the molecule is COCC(C)(C)N(N)C(=O)c1cc(C)cc(C)c1. The number of methoxy groups -OCH3 is 1. The third kappa shape index (κ3) is 3.31. The van der Waals surface area contributed by atoms with Gasteiger partial charge in [-0.3, -0.25) is 9.80 Å². The number of carbonyl (C=O) groups excluding carboxylic acids is 1. The maximum atomic E-state index is 12.3. The molecule has 100 valence electrons. The smallest absolute Gasteiger partial charge is 0.268 e. The highest BCUT2D eigenvalue weighted by molar-refractivity contribution is 5.94. The summed E-state index contributed by atoms with van der Waals surface area (Å²) in [6.07, 6.45) is 0. The van der Waals surface area contributed by atoms with Gasteiger partial charge in [0.25, 0.3) is 5.91 Å². The van der Waals surface area contributed by atoms with Gasteiger partial charge in [-0.1, -0.05) is 17.2 Å². The van der Waals surface area contributed by atoms with Gasteiger partial charge in [0.05, 0.1) is 12.1 Å². The van der Waals surface area contributed by atoms with E-state index in [2.05, 4.69) is 0 Å². The van der Waals surface area contributed by atoms with E-state index in [4.69, 9.17) is 10.6 Å². The molecule has 0 atom stereocenters. The number of nitrogens with two attached hydrogens (primary N) is 1. The van der Waals surface area contributed by atoms with Crippen LogP contribution in [-0.4, -0.2) is 30.2 Å². The first-order valence-electron chi connectivity index (χ1n) is 5.94. The van der Waals surface area contributed by atoms with Gasteiger partial charge in [-0.15, -0.1) is 0 Å². The predicted octanol–water partition coefficient (Wildman–Crippen LogP) is 2.04. The molecule has 0 radical (unpaired) electrons. The Bertz CT molecular complexity index is 421. The number of amides is 1. The Labute approximate surface area is 109 Å². The Morgan fingerprint density at radius 1 is 1.28 bits per heavy atom. The average Bonchev–Trinajstić information content (AvgIpc) is 2.25. The summed E-state index contributed by atoms with van der Waals surface area (Å²) >= 11 is 0. The number of ether oxygens (including phenoxy) is 1. The van der Waals surface area contributed by atoms with Crippen LogP contribution in [0.1, 0.15) is 35.3 Å². The van der Waals surface area contributed by atoms with Gasteiger partial charge >= 0.3 is 0 Å². The topological polar surface area (TPSA) is 55.6 Å². The van der Waals surface area contributed by atoms with Gasteiger partial charge in [-0.25, -0.2) is 5.84 Å². The minimum atomic E-state index is -0.538. The Morgan fingerprint density at radius 3 is 2.22 bits per heavy atom.